The van der Waals surface area contributed by atoms with E-state index in [1.807, 2.05) is 12.1 Å². The first-order valence-electron chi connectivity index (χ1n) is 7.65. The van der Waals surface area contributed by atoms with Crippen molar-refractivity contribution in [3.05, 3.63) is 30.3 Å². The Balaban J connectivity index is 2.20. The van der Waals surface area contributed by atoms with Gasteiger partial charge in [-0.2, -0.15) is 0 Å². The van der Waals surface area contributed by atoms with E-state index in [-0.39, 0.29) is 0 Å². The number of nitrogens with one attached hydrogen (secondary N) is 2. The highest BCUT2D eigenvalue weighted by molar-refractivity contribution is 7.80. The molecule has 0 heterocycles. The molecule has 0 fully saturated rings. The van der Waals surface area contributed by atoms with Gasteiger partial charge in [-0.15, -0.1) is 0 Å². The monoisotopic (exact) mass is 378 g/mol. The Hall–Kier alpha value is -2.87. The lowest BCUT2D eigenvalue weighted by Gasteiger charge is -2.16. The molecule has 7 nitrogen and oxygen atoms in total. The van der Waals surface area contributed by atoms with Crippen molar-refractivity contribution in [2.75, 3.05) is 46.2 Å². The molecule has 0 saturated carbocycles. The second kappa shape index (κ2) is 9.00. The number of rotatable bonds is 7. The van der Waals surface area contributed by atoms with Crippen LogP contribution in [-0.2, 0) is 0 Å². The summed E-state index contributed by atoms with van der Waals surface area (Å²) in [6.45, 7) is 0. The van der Waals surface area contributed by atoms with E-state index < -0.39 is 0 Å². The molecule has 0 atom stereocenters. The second-order valence-electron chi connectivity index (χ2n) is 5.09. The Bertz CT molecular complexity index is 735. The molecule has 0 radical (unpaired) electrons. The van der Waals surface area contributed by atoms with Gasteiger partial charge in [0.1, 0.15) is 11.5 Å². The van der Waals surface area contributed by atoms with E-state index >= 15 is 0 Å². The van der Waals surface area contributed by atoms with Gasteiger partial charge in [0, 0.05) is 41.7 Å². The summed E-state index contributed by atoms with van der Waals surface area (Å²) in [7, 11) is 7.84. The maximum absolute atomic E-state index is 5.38. The summed E-state index contributed by atoms with van der Waals surface area (Å²) in [5, 5.41) is 6.56. The number of thiocarbonyl (C=S) groups is 1. The van der Waals surface area contributed by atoms with Crippen LogP contribution in [0.25, 0.3) is 0 Å². The summed E-state index contributed by atoms with van der Waals surface area (Å²) in [6, 6.07) is 8.93. The lowest BCUT2D eigenvalue weighted by atomic mass is 10.2. The van der Waals surface area contributed by atoms with Crippen LogP contribution in [0.4, 0.5) is 11.4 Å². The number of anilines is 2. The molecule has 0 aliphatic heterocycles. The lowest BCUT2D eigenvalue weighted by Crippen LogP contribution is -2.19. The molecule has 0 bridgehead atoms. The molecule has 0 aliphatic carbocycles. The molecule has 2 rings (SSSR count). The van der Waals surface area contributed by atoms with Crippen molar-refractivity contribution in [2.45, 2.75) is 0 Å². The molecule has 0 unspecified atom stereocenters. The lowest BCUT2D eigenvalue weighted by molar-refractivity contribution is 0.324. The fraction of sp³-hybridized carbons (Fsp3) is 0.278. The van der Waals surface area contributed by atoms with Crippen LogP contribution in [0, 0.1) is 0 Å². The summed E-state index contributed by atoms with van der Waals surface area (Å²) >= 11 is 5.38. The largest absolute Gasteiger partial charge is 0.497 e. The van der Waals surface area contributed by atoms with Crippen LogP contribution >= 0.6 is 12.2 Å². The predicted octanol–water partition coefficient (Wildman–Crippen LogP) is 3.54. The third-order valence-corrected chi connectivity index (χ3v) is 3.74. The van der Waals surface area contributed by atoms with Crippen LogP contribution in [0.15, 0.2) is 30.3 Å². The van der Waals surface area contributed by atoms with Gasteiger partial charge in [-0.25, -0.2) is 0 Å². The van der Waals surface area contributed by atoms with E-state index in [2.05, 4.69) is 10.6 Å². The van der Waals surface area contributed by atoms with Crippen LogP contribution in [0.1, 0.15) is 0 Å². The molecule has 2 aromatic rings. The van der Waals surface area contributed by atoms with Gasteiger partial charge in [-0.05, 0) is 12.2 Å². The summed E-state index contributed by atoms with van der Waals surface area (Å²) in [6.07, 6.45) is 0. The topological polar surface area (TPSA) is 70.2 Å². The number of hydrogen-bond acceptors (Lipinski definition) is 6. The highest BCUT2D eigenvalue weighted by Gasteiger charge is 2.14. The highest BCUT2D eigenvalue weighted by atomic mass is 32.1. The number of benzene rings is 2. The molecule has 0 amide bonds. The molecule has 0 spiro atoms. The van der Waals surface area contributed by atoms with Gasteiger partial charge in [0.25, 0.3) is 0 Å². The summed E-state index contributed by atoms with van der Waals surface area (Å²) in [4.78, 5) is 0. The first kappa shape index (κ1) is 19.5. The van der Waals surface area contributed by atoms with Crippen molar-refractivity contribution < 1.29 is 23.7 Å². The van der Waals surface area contributed by atoms with E-state index in [9.17, 15) is 0 Å². The molecule has 0 saturated heterocycles. The Morgan fingerprint density at radius 3 is 1.50 bits per heavy atom. The highest BCUT2D eigenvalue weighted by Crippen LogP contribution is 2.40. The normalized spacial score (nSPS) is 9.88. The van der Waals surface area contributed by atoms with Crippen LogP contribution in [0.3, 0.4) is 0 Å². The first-order chi connectivity index (χ1) is 12.5. The van der Waals surface area contributed by atoms with Crippen molar-refractivity contribution in [1.82, 2.24) is 0 Å². The molecular formula is C18H22N2O5S. The van der Waals surface area contributed by atoms with E-state index in [1.54, 1.807) is 53.7 Å². The van der Waals surface area contributed by atoms with Gasteiger partial charge in [-0.1, -0.05) is 0 Å². The van der Waals surface area contributed by atoms with Crippen LogP contribution in [0.2, 0.25) is 0 Å². The van der Waals surface area contributed by atoms with Crippen molar-refractivity contribution in [3.8, 4) is 28.7 Å². The zero-order valence-corrected chi connectivity index (χ0v) is 16.2. The summed E-state index contributed by atoms with van der Waals surface area (Å²) in [5.41, 5.74) is 1.41. The van der Waals surface area contributed by atoms with E-state index in [0.717, 1.165) is 5.69 Å². The molecular weight excluding hydrogens is 356 g/mol. The van der Waals surface area contributed by atoms with Gasteiger partial charge < -0.3 is 34.3 Å². The third-order valence-electron chi connectivity index (χ3n) is 3.53. The minimum atomic E-state index is 0.384. The number of ether oxygens (including phenoxy) is 5. The van der Waals surface area contributed by atoms with Crippen LogP contribution < -0.4 is 34.3 Å². The summed E-state index contributed by atoms with van der Waals surface area (Å²) < 4.78 is 26.5. The Morgan fingerprint density at radius 2 is 1.12 bits per heavy atom. The van der Waals surface area contributed by atoms with Gasteiger partial charge in [0.05, 0.1) is 35.5 Å². The predicted molar refractivity (Wildman–Crippen MR) is 105 cm³/mol. The van der Waals surface area contributed by atoms with Gasteiger partial charge in [-0.3, -0.25) is 0 Å². The SMILES string of the molecule is COc1cc(NC(=S)Nc2cc(OC)c(OC)c(OC)c2)cc(OC)c1. The van der Waals surface area contributed by atoms with Crippen LogP contribution in [0.5, 0.6) is 28.7 Å². The fourth-order valence-electron chi connectivity index (χ4n) is 2.33. The number of hydrogen-bond donors (Lipinski definition) is 2. The van der Waals surface area contributed by atoms with E-state index in [1.165, 1.54) is 0 Å². The fourth-order valence-corrected chi connectivity index (χ4v) is 2.56. The zero-order valence-electron chi connectivity index (χ0n) is 15.3. The van der Waals surface area contributed by atoms with Gasteiger partial charge in [0.15, 0.2) is 16.6 Å². The average Bonchev–Trinajstić information content (AvgIpc) is 2.66. The van der Waals surface area contributed by atoms with Gasteiger partial charge >= 0.3 is 0 Å². The zero-order chi connectivity index (χ0) is 19.1. The first-order valence-corrected chi connectivity index (χ1v) is 8.06. The van der Waals surface area contributed by atoms with E-state index in [0.29, 0.717) is 39.5 Å². The Kier molecular flexibility index (Phi) is 6.74. The van der Waals surface area contributed by atoms with Crippen molar-refractivity contribution >= 4 is 28.7 Å². The van der Waals surface area contributed by atoms with Gasteiger partial charge in [0.2, 0.25) is 5.75 Å². The number of methoxy groups -OCH3 is 5. The standard InChI is InChI=1S/C18H22N2O5S/c1-21-13-6-11(7-14(10-13)22-2)19-18(26)20-12-8-15(23-3)17(25-5)16(9-12)24-4/h6-10H,1-5H3,(H2,19,20,26). The molecule has 2 N–H and O–H groups in total. The van der Waals surface area contributed by atoms with Crippen molar-refractivity contribution in [2.24, 2.45) is 0 Å². The van der Waals surface area contributed by atoms with Crippen molar-refractivity contribution in [1.29, 1.82) is 0 Å². The maximum Gasteiger partial charge on any atom is 0.203 e. The molecule has 0 aromatic heterocycles. The summed E-state index contributed by atoms with van der Waals surface area (Å²) in [5.74, 6) is 2.88. The second-order valence-corrected chi connectivity index (χ2v) is 5.50. The quantitative estimate of drug-likeness (QED) is 0.709. The third kappa shape index (κ3) is 4.60. The molecule has 26 heavy (non-hydrogen) atoms. The Morgan fingerprint density at radius 1 is 0.654 bits per heavy atom. The molecule has 8 heteroatoms. The maximum atomic E-state index is 5.38. The molecule has 0 aliphatic rings. The average molecular weight is 378 g/mol. The van der Waals surface area contributed by atoms with Crippen LogP contribution in [-0.4, -0.2) is 40.7 Å². The minimum Gasteiger partial charge on any atom is -0.497 e. The smallest absolute Gasteiger partial charge is 0.203 e. The molecule has 140 valence electrons. The minimum absolute atomic E-state index is 0.384. The van der Waals surface area contributed by atoms with E-state index in [4.69, 9.17) is 35.9 Å². The Labute approximate surface area is 158 Å². The van der Waals surface area contributed by atoms with Crippen molar-refractivity contribution in [3.63, 3.8) is 0 Å². The molecule has 2 aromatic carbocycles.